The summed E-state index contributed by atoms with van der Waals surface area (Å²) in [5, 5.41) is 17.0. The Labute approximate surface area is 262 Å². The van der Waals surface area contributed by atoms with E-state index in [1.165, 1.54) is 0 Å². The highest BCUT2D eigenvalue weighted by Gasteiger charge is 2.27. The molecule has 0 atom stereocenters. The number of benzene rings is 3. The number of aryl methyl sites for hydroxylation is 1. The summed E-state index contributed by atoms with van der Waals surface area (Å²) < 4.78 is 1.93. The van der Waals surface area contributed by atoms with Crippen LogP contribution in [0.25, 0.3) is 0 Å². The molecule has 0 spiro atoms. The second kappa shape index (κ2) is 13.8. The van der Waals surface area contributed by atoms with Crippen LogP contribution >= 0.6 is 35.4 Å². The zero-order chi connectivity index (χ0) is 30.3. The van der Waals surface area contributed by atoms with Gasteiger partial charge in [-0.25, -0.2) is 4.98 Å². The lowest BCUT2D eigenvalue weighted by Crippen LogP contribution is -2.53. The minimum absolute atomic E-state index is 0.139. The van der Waals surface area contributed by atoms with Gasteiger partial charge in [0.25, 0.3) is 0 Å². The lowest BCUT2D eigenvalue weighted by atomic mass is 10.0. The van der Waals surface area contributed by atoms with Crippen molar-refractivity contribution < 1.29 is 4.79 Å². The van der Waals surface area contributed by atoms with Gasteiger partial charge < -0.3 is 20.1 Å². The Morgan fingerprint density at radius 3 is 2.50 bits per heavy atom. The molecule has 0 saturated heterocycles. The van der Waals surface area contributed by atoms with Gasteiger partial charge in [0.15, 0.2) is 5.11 Å². The molecule has 0 unspecified atom stereocenters. The van der Waals surface area contributed by atoms with Crippen molar-refractivity contribution in [3.8, 4) is 6.07 Å². The third-order valence-corrected chi connectivity index (χ3v) is 7.84. The molecule has 0 fully saturated rings. The van der Waals surface area contributed by atoms with E-state index in [1.807, 2.05) is 78.8 Å². The van der Waals surface area contributed by atoms with Crippen LogP contribution in [-0.4, -0.2) is 37.6 Å². The topological polar surface area (TPSA) is 86.0 Å². The maximum atomic E-state index is 13.3. The monoisotopic (exact) mass is 618 g/mol. The lowest BCUT2D eigenvalue weighted by Gasteiger charge is -2.35. The van der Waals surface area contributed by atoms with Gasteiger partial charge >= 0.3 is 0 Å². The summed E-state index contributed by atoms with van der Waals surface area (Å²) in [7, 11) is 0. The van der Waals surface area contributed by atoms with Crippen LogP contribution in [0, 0.1) is 18.3 Å². The molecule has 1 aromatic heterocycles. The average molecular weight is 620 g/mol. The number of rotatable bonds is 10. The smallest absolute Gasteiger partial charge is 0.226 e. The van der Waals surface area contributed by atoms with Crippen LogP contribution in [0.5, 0.6) is 0 Å². The molecule has 0 radical (unpaired) electrons. The Morgan fingerprint density at radius 2 is 1.81 bits per heavy atom. The van der Waals surface area contributed by atoms with E-state index in [2.05, 4.69) is 21.7 Å². The van der Waals surface area contributed by atoms with Crippen molar-refractivity contribution in [2.75, 3.05) is 11.9 Å². The van der Waals surface area contributed by atoms with Crippen LogP contribution in [0.4, 0.5) is 5.69 Å². The van der Waals surface area contributed by atoms with Crippen molar-refractivity contribution in [2.45, 2.75) is 45.8 Å². The number of anilines is 1. The summed E-state index contributed by atoms with van der Waals surface area (Å²) in [6.45, 7) is 7.29. The molecule has 10 heteroatoms. The number of aromatic nitrogens is 2. The molecule has 0 aliphatic rings. The molecule has 4 aromatic rings. The van der Waals surface area contributed by atoms with Crippen molar-refractivity contribution >= 4 is 52.1 Å². The van der Waals surface area contributed by atoms with Gasteiger partial charge in [-0.05, 0) is 74.4 Å². The first-order valence-corrected chi connectivity index (χ1v) is 14.5. The highest BCUT2D eigenvalue weighted by molar-refractivity contribution is 7.80. The van der Waals surface area contributed by atoms with Gasteiger partial charge in [0.2, 0.25) is 5.91 Å². The second-order valence-corrected chi connectivity index (χ2v) is 12.0. The highest BCUT2D eigenvalue weighted by atomic mass is 35.5. The third kappa shape index (κ3) is 8.56. The number of carbonyl (C=O) groups is 1. The van der Waals surface area contributed by atoms with Crippen LogP contribution in [0.2, 0.25) is 10.0 Å². The first kappa shape index (κ1) is 31.0. The first-order valence-electron chi connectivity index (χ1n) is 13.4. The zero-order valence-electron chi connectivity index (χ0n) is 23.7. The summed E-state index contributed by atoms with van der Waals surface area (Å²) in [4.78, 5) is 19.5. The maximum absolute atomic E-state index is 13.3. The minimum Gasteiger partial charge on any atom is -0.349 e. The highest BCUT2D eigenvalue weighted by Crippen LogP contribution is 2.27. The summed E-state index contributed by atoms with van der Waals surface area (Å²) in [5.74, 6) is -0.139. The van der Waals surface area contributed by atoms with E-state index >= 15 is 0 Å². The summed E-state index contributed by atoms with van der Waals surface area (Å²) >= 11 is 18.7. The number of halogens is 2. The molecule has 216 valence electrons. The molecule has 3 aromatic carbocycles. The number of carbonyl (C=O) groups excluding carboxylic acids is 1. The van der Waals surface area contributed by atoms with Gasteiger partial charge in [-0.3, -0.25) is 4.79 Å². The molecule has 1 amide bonds. The van der Waals surface area contributed by atoms with Crippen molar-refractivity contribution in [3.05, 3.63) is 117 Å². The van der Waals surface area contributed by atoms with E-state index in [4.69, 9.17) is 40.7 Å². The summed E-state index contributed by atoms with van der Waals surface area (Å²) in [5.41, 5.74) is 4.59. The van der Waals surface area contributed by atoms with Gasteiger partial charge in [0, 0.05) is 37.2 Å². The second-order valence-electron chi connectivity index (χ2n) is 10.8. The van der Waals surface area contributed by atoms with E-state index in [0.717, 1.165) is 28.1 Å². The van der Waals surface area contributed by atoms with Crippen molar-refractivity contribution in [1.29, 1.82) is 5.26 Å². The Bertz CT molecular complexity index is 1590. The molecular formula is C32H32Cl2N6OS. The molecule has 1 heterocycles. The number of nitrogens with zero attached hydrogens (tertiary/aromatic N) is 4. The van der Waals surface area contributed by atoms with Crippen molar-refractivity contribution in [3.63, 3.8) is 0 Å². The number of imidazole rings is 1. The van der Waals surface area contributed by atoms with Crippen LogP contribution in [-0.2, 0) is 24.3 Å². The number of nitrogens with one attached hydrogen (secondary N) is 2. The van der Waals surface area contributed by atoms with Crippen molar-refractivity contribution in [2.24, 2.45) is 0 Å². The Hall–Kier alpha value is -3.90. The summed E-state index contributed by atoms with van der Waals surface area (Å²) in [6.07, 6.45) is 3.56. The maximum Gasteiger partial charge on any atom is 0.226 e. The number of amides is 1. The van der Waals surface area contributed by atoms with Gasteiger partial charge in [-0.1, -0.05) is 65.2 Å². The summed E-state index contributed by atoms with van der Waals surface area (Å²) in [6, 6.07) is 23.0. The number of thiocarbonyl (C=S) groups is 1. The molecule has 4 rings (SSSR count). The quantitative estimate of drug-likeness (QED) is 0.191. The van der Waals surface area contributed by atoms with Crippen LogP contribution in [0.1, 0.15) is 41.8 Å². The standard InChI is InChI=1S/C32H32Cl2N6OS/c1-22-7-13-26(14-8-22)37-31(42)39(19-25-5-4-6-28(33)30(25)34)20-32(2,3)38-29(41)15-27-17-36-21-40(27)18-24-11-9-23(16-35)10-12-24/h4-14,17,21H,15,18-20H2,1-3H3,(H,37,42)(H,38,41). The predicted octanol–water partition coefficient (Wildman–Crippen LogP) is 6.75. The molecule has 0 aliphatic carbocycles. The Morgan fingerprint density at radius 1 is 1.10 bits per heavy atom. The first-order chi connectivity index (χ1) is 20.0. The predicted molar refractivity (Wildman–Crippen MR) is 173 cm³/mol. The van der Waals surface area contributed by atoms with Gasteiger partial charge in [0.1, 0.15) is 0 Å². The fourth-order valence-electron chi connectivity index (χ4n) is 4.54. The van der Waals surface area contributed by atoms with Crippen LogP contribution in [0.15, 0.2) is 79.3 Å². The molecule has 0 saturated carbocycles. The normalized spacial score (nSPS) is 11.0. The Kier molecular flexibility index (Phi) is 10.2. The van der Waals surface area contributed by atoms with E-state index < -0.39 is 5.54 Å². The average Bonchev–Trinajstić information content (AvgIpc) is 3.37. The zero-order valence-corrected chi connectivity index (χ0v) is 26.0. The van der Waals surface area contributed by atoms with Crippen LogP contribution < -0.4 is 10.6 Å². The number of nitriles is 1. The van der Waals surface area contributed by atoms with E-state index in [9.17, 15) is 4.79 Å². The number of hydrogen-bond donors (Lipinski definition) is 2. The molecule has 42 heavy (non-hydrogen) atoms. The van der Waals surface area contributed by atoms with Crippen LogP contribution in [0.3, 0.4) is 0 Å². The van der Waals surface area contributed by atoms with E-state index in [1.54, 1.807) is 30.7 Å². The molecule has 0 aliphatic heterocycles. The van der Waals surface area contributed by atoms with E-state index in [0.29, 0.717) is 40.4 Å². The largest absolute Gasteiger partial charge is 0.349 e. The third-order valence-electron chi connectivity index (χ3n) is 6.62. The lowest BCUT2D eigenvalue weighted by molar-refractivity contribution is -0.122. The fraction of sp³-hybridized carbons (Fsp3) is 0.250. The Balaban J connectivity index is 1.46. The number of hydrogen-bond acceptors (Lipinski definition) is 4. The minimum atomic E-state index is -0.654. The van der Waals surface area contributed by atoms with Gasteiger partial charge in [-0.2, -0.15) is 5.26 Å². The molecule has 2 N–H and O–H groups in total. The van der Waals surface area contributed by atoms with Gasteiger partial charge in [0.05, 0.1) is 40.0 Å². The molecule has 0 bridgehead atoms. The van der Waals surface area contributed by atoms with Crippen molar-refractivity contribution in [1.82, 2.24) is 19.8 Å². The fourth-order valence-corrected chi connectivity index (χ4v) is 5.16. The van der Waals surface area contributed by atoms with E-state index in [-0.39, 0.29) is 12.3 Å². The van der Waals surface area contributed by atoms with Gasteiger partial charge in [-0.15, -0.1) is 0 Å². The molecule has 7 nitrogen and oxygen atoms in total. The molecular weight excluding hydrogens is 587 g/mol. The SMILES string of the molecule is Cc1ccc(NC(=S)N(Cc2cccc(Cl)c2Cl)CC(C)(C)NC(=O)Cc2cncn2Cc2ccc(C#N)cc2)cc1.